The average Bonchev–Trinajstić information content (AvgIpc) is 3.28. The van der Waals surface area contributed by atoms with Gasteiger partial charge in [-0.2, -0.15) is 0 Å². The molecule has 0 atom stereocenters. The molecular formula is C22H21ClN2O2S. The Morgan fingerprint density at radius 3 is 2.61 bits per heavy atom. The van der Waals surface area contributed by atoms with Crippen LogP contribution in [-0.4, -0.2) is 29.1 Å². The van der Waals surface area contributed by atoms with Crippen molar-refractivity contribution in [3.63, 3.8) is 0 Å². The van der Waals surface area contributed by atoms with E-state index in [-0.39, 0.29) is 17.7 Å². The van der Waals surface area contributed by atoms with Crippen LogP contribution in [0.5, 0.6) is 0 Å². The maximum absolute atomic E-state index is 12.8. The molecule has 144 valence electrons. The van der Waals surface area contributed by atoms with Crippen LogP contribution in [0.3, 0.4) is 0 Å². The van der Waals surface area contributed by atoms with E-state index in [1.165, 1.54) is 23.4 Å². The van der Waals surface area contributed by atoms with Crippen molar-refractivity contribution in [1.82, 2.24) is 4.90 Å². The molecule has 0 bridgehead atoms. The van der Waals surface area contributed by atoms with E-state index in [4.69, 9.17) is 11.6 Å². The third kappa shape index (κ3) is 3.96. The van der Waals surface area contributed by atoms with Crippen molar-refractivity contribution in [3.8, 4) is 0 Å². The lowest BCUT2D eigenvalue weighted by Crippen LogP contribution is -2.27. The summed E-state index contributed by atoms with van der Waals surface area (Å²) in [5, 5.41) is 0.344. The minimum absolute atomic E-state index is 0.232. The molecule has 4 nitrogen and oxygen atoms in total. The van der Waals surface area contributed by atoms with Gasteiger partial charge in [0.05, 0.1) is 11.4 Å². The molecular weight excluding hydrogens is 392 g/mol. The first-order chi connectivity index (χ1) is 13.5. The van der Waals surface area contributed by atoms with E-state index in [2.05, 4.69) is 17.0 Å². The number of amides is 2. The predicted octanol–water partition coefficient (Wildman–Crippen LogP) is 5.49. The van der Waals surface area contributed by atoms with Crippen LogP contribution in [0, 0.1) is 6.92 Å². The van der Waals surface area contributed by atoms with Gasteiger partial charge in [-0.1, -0.05) is 29.8 Å². The second-order valence-electron chi connectivity index (χ2n) is 7.13. The zero-order valence-electron chi connectivity index (χ0n) is 15.7. The highest BCUT2D eigenvalue weighted by Crippen LogP contribution is 2.34. The van der Waals surface area contributed by atoms with Gasteiger partial charge >= 0.3 is 0 Å². The molecule has 0 spiro atoms. The van der Waals surface area contributed by atoms with Crippen molar-refractivity contribution < 1.29 is 9.59 Å². The molecule has 4 rings (SSSR count). The molecule has 0 unspecified atom stereocenters. The number of thioether (sulfide) groups is 1. The monoisotopic (exact) mass is 412 g/mol. The highest BCUT2D eigenvalue weighted by atomic mass is 35.5. The molecule has 2 fully saturated rings. The molecule has 0 aliphatic carbocycles. The molecule has 2 aliphatic heterocycles. The largest absolute Gasteiger partial charge is 0.372 e. The molecule has 2 amide bonds. The molecule has 2 heterocycles. The molecule has 6 heteroatoms. The van der Waals surface area contributed by atoms with E-state index in [1.54, 1.807) is 12.1 Å². The van der Waals surface area contributed by atoms with Crippen LogP contribution in [0.15, 0.2) is 47.4 Å². The molecule has 2 aliphatic rings. The number of anilines is 1. The first kappa shape index (κ1) is 19.1. The fraction of sp³-hybridized carbons (Fsp3) is 0.273. The maximum Gasteiger partial charge on any atom is 0.293 e. The Morgan fingerprint density at radius 2 is 1.89 bits per heavy atom. The number of imide groups is 1. The fourth-order valence-electron chi connectivity index (χ4n) is 3.59. The summed E-state index contributed by atoms with van der Waals surface area (Å²) in [6.45, 7) is 4.47. The third-order valence-corrected chi connectivity index (χ3v) is 6.26. The van der Waals surface area contributed by atoms with E-state index in [9.17, 15) is 9.59 Å². The molecule has 0 aromatic heterocycles. The Morgan fingerprint density at radius 1 is 1.11 bits per heavy atom. The number of halogens is 1. The summed E-state index contributed by atoms with van der Waals surface area (Å²) in [5.74, 6) is -0.252. The van der Waals surface area contributed by atoms with Crippen molar-refractivity contribution in [1.29, 1.82) is 0 Å². The van der Waals surface area contributed by atoms with Crippen LogP contribution >= 0.6 is 23.4 Å². The van der Waals surface area contributed by atoms with E-state index >= 15 is 0 Å². The van der Waals surface area contributed by atoms with Crippen LogP contribution in [-0.2, 0) is 11.3 Å². The van der Waals surface area contributed by atoms with Gasteiger partial charge < -0.3 is 4.90 Å². The Labute approximate surface area is 174 Å². The average molecular weight is 413 g/mol. The van der Waals surface area contributed by atoms with Crippen LogP contribution in [0.25, 0.3) is 6.08 Å². The Kier molecular flexibility index (Phi) is 5.47. The van der Waals surface area contributed by atoms with Gasteiger partial charge in [-0.15, -0.1) is 0 Å². The van der Waals surface area contributed by atoms with E-state index in [0.29, 0.717) is 9.93 Å². The van der Waals surface area contributed by atoms with Gasteiger partial charge in [-0.05, 0) is 78.6 Å². The fourth-order valence-corrected chi connectivity index (χ4v) is 4.63. The quantitative estimate of drug-likeness (QED) is 0.623. The predicted molar refractivity (Wildman–Crippen MR) is 116 cm³/mol. The minimum atomic E-state index is -0.252. The number of benzene rings is 2. The van der Waals surface area contributed by atoms with Gasteiger partial charge in [0.2, 0.25) is 0 Å². The Hall–Kier alpha value is -2.24. The molecule has 0 N–H and O–H groups in total. The molecule has 0 radical (unpaired) electrons. The normalized spacial score (nSPS) is 18.6. The number of carbonyl (C=O) groups excluding carboxylic acids is 2. The van der Waals surface area contributed by atoms with E-state index in [0.717, 1.165) is 41.5 Å². The zero-order chi connectivity index (χ0) is 19.7. The van der Waals surface area contributed by atoms with Crippen molar-refractivity contribution in [3.05, 3.63) is 69.1 Å². The summed E-state index contributed by atoms with van der Waals surface area (Å²) < 4.78 is 0. The van der Waals surface area contributed by atoms with Gasteiger partial charge in [0.1, 0.15) is 0 Å². The van der Waals surface area contributed by atoms with E-state index in [1.807, 2.05) is 31.2 Å². The van der Waals surface area contributed by atoms with Gasteiger partial charge in [0, 0.05) is 23.8 Å². The molecule has 0 saturated carbocycles. The number of rotatable bonds is 4. The summed E-state index contributed by atoms with van der Waals surface area (Å²) in [6.07, 6.45) is 4.30. The maximum atomic E-state index is 12.8. The minimum Gasteiger partial charge on any atom is -0.372 e. The standard InChI is InChI=1S/C22H21ClN2O2S/c1-15-11-19(24-9-2-3-10-24)8-7-17(15)13-20-21(26)25(22(27)28-20)14-16-5-4-6-18(23)12-16/h4-8,11-13H,2-3,9-10,14H2,1H3/b20-13-. The summed E-state index contributed by atoms with van der Waals surface area (Å²) >= 11 is 7.00. The SMILES string of the molecule is Cc1cc(N2CCCC2)ccc1/C=C1\SC(=O)N(Cc2cccc(Cl)c2)C1=O. The summed E-state index contributed by atoms with van der Waals surface area (Å²) in [4.78, 5) is 29.3. The third-order valence-electron chi connectivity index (χ3n) is 5.11. The van der Waals surface area contributed by atoms with Gasteiger partial charge in [0.15, 0.2) is 0 Å². The summed E-state index contributed by atoms with van der Waals surface area (Å²) in [7, 11) is 0. The second-order valence-corrected chi connectivity index (χ2v) is 8.56. The number of hydrogen-bond donors (Lipinski definition) is 0. The van der Waals surface area contributed by atoms with Gasteiger partial charge in [0.25, 0.3) is 11.1 Å². The molecule has 2 aromatic rings. The number of nitrogens with zero attached hydrogens (tertiary/aromatic N) is 2. The van der Waals surface area contributed by atoms with Crippen LogP contribution < -0.4 is 4.90 Å². The van der Waals surface area contributed by atoms with Crippen LogP contribution in [0.2, 0.25) is 5.02 Å². The summed E-state index contributed by atoms with van der Waals surface area (Å²) in [6, 6.07) is 13.5. The Bertz CT molecular complexity index is 967. The van der Waals surface area contributed by atoms with Gasteiger partial charge in [-0.25, -0.2) is 0 Å². The lowest BCUT2D eigenvalue weighted by Gasteiger charge is -2.18. The van der Waals surface area contributed by atoms with Crippen molar-refractivity contribution in [2.24, 2.45) is 0 Å². The molecule has 28 heavy (non-hydrogen) atoms. The Balaban J connectivity index is 1.53. The summed E-state index contributed by atoms with van der Waals surface area (Å²) in [5.41, 5.74) is 4.13. The van der Waals surface area contributed by atoms with Crippen molar-refractivity contribution >= 4 is 46.3 Å². The van der Waals surface area contributed by atoms with Gasteiger partial charge in [-0.3, -0.25) is 14.5 Å². The first-order valence-electron chi connectivity index (χ1n) is 9.37. The number of aryl methyl sites for hydroxylation is 1. The number of hydrogen-bond acceptors (Lipinski definition) is 4. The topological polar surface area (TPSA) is 40.6 Å². The molecule has 2 aromatic carbocycles. The van der Waals surface area contributed by atoms with Crippen LogP contribution in [0.4, 0.5) is 10.5 Å². The lowest BCUT2D eigenvalue weighted by molar-refractivity contribution is -0.123. The second kappa shape index (κ2) is 8.02. The van der Waals surface area contributed by atoms with E-state index < -0.39 is 0 Å². The smallest absolute Gasteiger partial charge is 0.293 e. The van der Waals surface area contributed by atoms with Crippen LogP contribution in [0.1, 0.15) is 29.5 Å². The number of carbonyl (C=O) groups is 2. The van der Waals surface area contributed by atoms with Crippen molar-refractivity contribution in [2.75, 3.05) is 18.0 Å². The highest BCUT2D eigenvalue weighted by molar-refractivity contribution is 8.18. The zero-order valence-corrected chi connectivity index (χ0v) is 17.2. The van der Waals surface area contributed by atoms with Crippen molar-refractivity contribution in [2.45, 2.75) is 26.3 Å². The molecule has 2 saturated heterocycles. The first-order valence-corrected chi connectivity index (χ1v) is 10.6. The highest BCUT2D eigenvalue weighted by Gasteiger charge is 2.35. The lowest BCUT2D eigenvalue weighted by atomic mass is 10.1.